The largest absolute Gasteiger partial charge is 0.492 e. The Labute approximate surface area is 126 Å². The van der Waals surface area contributed by atoms with Crippen molar-refractivity contribution in [2.75, 3.05) is 39.3 Å². The number of hydrogen-bond acceptors (Lipinski definition) is 4. The van der Waals surface area contributed by atoms with Gasteiger partial charge in [-0.1, -0.05) is 12.1 Å². The maximum absolute atomic E-state index is 12.1. The second-order valence-electron chi connectivity index (χ2n) is 5.32. The maximum Gasteiger partial charge on any atom is 0.238 e. The average molecular weight is 291 g/mol. The first-order valence-corrected chi connectivity index (χ1v) is 7.62. The van der Waals surface area contributed by atoms with Crippen LogP contribution in [0, 0.1) is 6.92 Å². The molecule has 0 saturated carbocycles. The van der Waals surface area contributed by atoms with Crippen LogP contribution in [0.1, 0.15) is 12.5 Å². The molecule has 1 saturated heterocycles. The van der Waals surface area contributed by atoms with Crippen molar-refractivity contribution in [1.82, 2.24) is 15.5 Å². The maximum atomic E-state index is 12.1. The van der Waals surface area contributed by atoms with Gasteiger partial charge in [0, 0.05) is 32.7 Å². The minimum atomic E-state index is -0.0974. The minimum Gasteiger partial charge on any atom is -0.492 e. The van der Waals surface area contributed by atoms with Crippen LogP contribution in [0.25, 0.3) is 0 Å². The highest BCUT2D eigenvalue weighted by Gasteiger charge is 2.27. The van der Waals surface area contributed by atoms with Gasteiger partial charge >= 0.3 is 0 Å². The van der Waals surface area contributed by atoms with Crippen LogP contribution in [-0.4, -0.2) is 56.2 Å². The van der Waals surface area contributed by atoms with E-state index in [1.807, 2.05) is 38.1 Å². The highest BCUT2D eigenvalue weighted by Crippen LogP contribution is 2.12. The third-order valence-electron chi connectivity index (χ3n) is 3.64. The zero-order valence-corrected chi connectivity index (χ0v) is 12.9. The Morgan fingerprint density at radius 2 is 2.38 bits per heavy atom. The van der Waals surface area contributed by atoms with Gasteiger partial charge in [-0.3, -0.25) is 9.69 Å². The minimum absolute atomic E-state index is 0.0974. The molecular formula is C16H25N3O2. The molecule has 0 aliphatic carbocycles. The molecule has 1 heterocycles. The predicted molar refractivity (Wildman–Crippen MR) is 83.6 cm³/mol. The lowest BCUT2D eigenvalue weighted by atomic mass is 10.1. The molecule has 2 rings (SSSR count). The fraction of sp³-hybridized carbons (Fsp3) is 0.562. The van der Waals surface area contributed by atoms with Gasteiger partial charge in [-0.05, 0) is 31.5 Å². The second-order valence-corrected chi connectivity index (χ2v) is 5.32. The van der Waals surface area contributed by atoms with Crippen LogP contribution in [0.5, 0.6) is 5.75 Å². The van der Waals surface area contributed by atoms with Crippen molar-refractivity contribution in [2.45, 2.75) is 19.9 Å². The summed E-state index contributed by atoms with van der Waals surface area (Å²) in [6.07, 6.45) is 0. The number of carbonyl (C=O) groups excluding carboxylic acids is 1. The van der Waals surface area contributed by atoms with Gasteiger partial charge in [-0.15, -0.1) is 0 Å². The van der Waals surface area contributed by atoms with Crippen LogP contribution in [0.15, 0.2) is 24.3 Å². The highest BCUT2D eigenvalue weighted by molar-refractivity contribution is 5.82. The van der Waals surface area contributed by atoms with E-state index in [4.69, 9.17) is 4.74 Å². The number of amides is 1. The Hall–Kier alpha value is -1.59. The van der Waals surface area contributed by atoms with Crippen molar-refractivity contribution in [3.63, 3.8) is 0 Å². The summed E-state index contributed by atoms with van der Waals surface area (Å²) in [7, 11) is 0. The summed E-state index contributed by atoms with van der Waals surface area (Å²) in [4.78, 5) is 14.2. The molecule has 0 spiro atoms. The van der Waals surface area contributed by atoms with E-state index in [-0.39, 0.29) is 11.9 Å². The van der Waals surface area contributed by atoms with Crippen LogP contribution >= 0.6 is 0 Å². The zero-order chi connectivity index (χ0) is 15.1. The molecule has 0 aromatic heterocycles. The van der Waals surface area contributed by atoms with E-state index in [0.29, 0.717) is 19.7 Å². The molecule has 1 aromatic rings. The van der Waals surface area contributed by atoms with E-state index in [1.165, 1.54) is 5.56 Å². The Balaban J connectivity index is 1.83. The smallest absolute Gasteiger partial charge is 0.238 e. The summed E-state index contributed by atoms with van der Waals surface area (Å²) < 4.78 is 5.78. The fourth-order valence-electron chi connectivity index (χ4n) is 2.55. The number of nitrogens with zero attached hydrogens (tertiary/aromatic N) is 1. The van der Waals surface area contributed by atoms with Gasteiger partial charge < -0.3 is 15.4 Å². The first-order chi connectivity index (χ1) is 10.2. The summed E-state index contributed by atoms with van der Waals surface area (Å²) in [5, 5.41) is 6.18. The Morgan fingerprint density at radius 3 is 3.14 bits per heavy atom. The van der Waals surface area contributed by atoms with E-state index in [9.17, 15) is 4.79 Å². The summed E-state index contributed by atoms with van der Waals surface area (Å²) >= 11 is 0. The molecule has 5 heteroatoms. The van der Waals surface area contributed by atoms with Crippen molar-refractivity contribution in [3.05, 3.63) is 29.8 Å². The number of aryl methyl sites for hydroxylation is 1. The fourth-order valence-corrected chi connectivity index (χ4v) is 2.55. The Bertz CT molecular complexity index is 465. The van der Waals surface area contributed by atoms with Gasteiger partial charge in [0.15, 0.2) is 0 Å². The topological polar surface area (TPSA) is 53.6 Å². The quantitative estimate of drug-likeness (QED) is 0.813. The van der Waals surface area contributed by atoms with Gasteiger partial charge in [-0.2, -0.15) is 0 Å². The summed E-state index contributed by atoms with van der Waals surface area (Å²) in [6, 6.07) is 7.94. The third-order valence-corrected chi connectivity index (χ3v) is 3.64. The van der Waals surface area contributed by atoms with Gasteiger partial charge in [0.2, 0.25) is 5.91 Å². The number of ether oxygens (including phenoxy) is 1. The number of nitrogens with one attached hydrogen (secondary N) is 2. The van der Waals surface area contributed by atoms with Gasteiger partial charge in [0.05, 0.1) is 0 Å². The number of rotatable bonds is 6. The molecule has 1 fully saturated rings. The molecule has 1 amide bonds. The van der Waals surface area contributed by atoms with Crippen LogP contribution < -0.4 is 15.4 Å². The van der Waals surface area contributed by atoms with Gasteiger partial charge in [0.25, 0.3) is 0 Å². The standard InChI is InChI=1S/C16H25N3O2/c1-3-18-16(20)15-12-17-7-8-19(15)9-10-21-14-6-4-5-13(2)11-14/h4-6,11,15,17H,3,7-10,12H2,1-2H3,(H,18,20). The first kappa shape index (κ1) is 15.8. The average Bonchev–Trinajstić information content (AvgIpc) is 2.48. The lowest BCUT2D eigenvalue weighted by Gasteiger charge is -2.34. The molecule has 5 nitrogen and oxygen atoms in total. The second kappa shape index (κ2) is 8.00. The third kappa shape index (κ3) is 4.72. The predicted octanol–water partition coefficient (Wildman–Crippen LogP) is 0.784. The summed E-state index contributed by atoms with van der Waals surface area (Å²) in [5.74, 6) is 0.986. The molecule has 0 radical (unpaired) electrons. The molecule has 21 heavy (non-hydrogen) atoms. The zero-order valence-electron chi connectivity index (χ0n) is 12.9. The van der Waals surface area contributed by atoms with Crippen LogP contribution in [0.4, 0.5) is 0 Å². The van der Waals surface area contributed by atoms with Crippen molar-refractivity contribution in [1.29, 1.82) is 0 Å². The van der Waals surface area contributed by atoms with E-state index in [0.717, 1.165) is 25.4 Å². The van der Waals surface area contributed by atoms with E-state index >= 15 is 0 Å². The van der Waals surface area contributed by atoms with Crippen molar-refractivity contribution >= 4 is 5.91 Å². The van der Waals surface area contributed by atoms with Crippen LogP contribution in [0.3, 0.4) is 0 Å². The first-order valence-electron chi connectivity index (χ1n) is 7.62. The monoisotopic (exact) mass is 291 g/mol. The molecule has 1 atom stereocenters. The van der Waals surface area contributed by atoms with Crippen molar-refractivity contribution in [3.8, 4) is 5.75 Å². The molecule has 2 N–H and O–H groups in total. The summed E-state index contributed by atoms with van der Waals surface area (Å²) in [5.41, 5.74) is 1.19. The Morgan fingerprint density at radius 1 is 1.52 bits per heavy atom. The number of likely N-dealkylation sites (N-methyl/N-ethyl adjacent to an activating group) is 1. The molecule has 116 valence electrons. The normalized spacial score (nSPS) is 19.2. The van der Waals surface area contributed by atoms with E-state index < -0.39 is 0 Å². The van der Waals surface area contributed by atoms with Crippen molar-refractivity contribution in [2.24, 2.45) is 0 Å². The highest BCUT2D eigenvalue weighted by atomic mass is 16.5. The summed E-state index contributed by atoms with van der Waals surface area (Å²) in [6.45, 7) is 8.52. The molecule has 0 bridgehead atoms. The van der Waals surface area contributed by atoms with Gasteiger partial charge in [-0.25, -0.2) is 0 Å². The van der Waals surface area contributed by atoms with Crippen LogP contribution in [-0.2, 0) is 4.79 Å². The number of piperazine rings is 1. The van der Waals surface area contributed by atoms with E-state index in [1.54, 1.807) is 0 Å². The number of benzene rings is 1. The molecular weight excluding hydrogens is 266 g/mol. The molecule has 1 aromatic carbocycles. The van der Waals surface area contributed by atoms with E-state index in [2.05, 4.69) is 15.5 Å². The lowest BCUT2D eigenvalue weighted by molar-refractivity contribution is -0.127. The van der Waals surface area contributed by atoms with Gasteiger partial charge in [0.1, 0.15) is 18.4 Å². The molecule has 1 aliphatic rings. The van der Waals surface area contributed by atoms with Crippen LogP contribution in [0.2, 0.25) is 0 Å². The SMILES string of the molecule is CCNC(=O)C1CNCCN1CCOc1cccc(C)c1. The Kier molecular flexibility index (Phi) is 6.02. The lowest BCUT2D eigenvalue weighted by Crippen LogP contribution is -2.58. The molecule has 1 unspecified atom stereocenters. The number of hydrogen-bond donors (Lipinski definition) is 2. The van der Waals surface area contributed by atoms with Crippen molar-refractivity contribution < 1.29 is 9.53 Å². The number of carbonyl (C=O) groups is 1. The molecule has 1 aliphatic heterocycles.